The Morgan fingerprint density at radius 1 is 1.33 bits per heavy atom. The summed E-state index contributed by atoms with van der Waals surface area (Å²) >= 11 is 0. The topological polar surface area (TPSA) is 100 Å². The molecule has 0 aromatic carbocycles. The maximum Gasteiger partial charge on any atom is 0.398 e. The van der Waals surface area contributed by atoms with Gasteiger partial charge in [0, 0.05) is 0 Å². The highest BCUT2D eigenvalue weighted by Gasteiger charge is 2.09. The van der Waals surface area contributed by atoms with E-state index in [2.05, 4.69) is 9.22 Å². The summed E-state index contributed by atoms with van der Waals surface area (Å²) in [4.78, 5) is 3.28. The summed E-state index contributed by atoms with van der Waals surface area (Å²) < 4.78 is 23.1. The van der Waals surface area contributed by atoms with Crippen LogP contribution in [0.3, 0.4) is 0 Å². The van der Waals surface area contributed by atoms with E-state index in [1.807, 2.05) is 0 Å². The van der Waals surface area contributed by atoms with Crippen LogP contribution in [0.2, 0.25) is 0 Å². The molecule has 9 heavy (non-hydrogen) atoms. The second-order valence-corrected chi connectivity index (χ2v) is 2.01. The second kappa shape index (κ2) is 2.87. The molecule has 0 aliphatic rings. The van der Waals surface area contributed by atoms with Crippen molar-refractivity contribution in [2.24, 2.45) is 0 Å². The van der Waals surface area contributed by atoms with Gasteiger partial charge in [0.15, 0.2) is 0 Å². The van der Waals surface area contributed by atoms with E-state index in [1.54, 1.807) is 0 Å². The van der Waals surface area contributed by atoms with Crippen LogP contribution in [0.25, 0.3) is 0 Å². The number of nitriles is 2. The van der Waals surface area contributed by atoms with Crippen LogP contribution >= 0.6 is 0 Å². The number of nitrogens with zero attached hydrogens (tertiary/aromatic N) is 2. The van der Waals surface area contributed by atoms with E-state index in [-0.39, 0.29) is 0 Å². The molecule has 6 nitrogen and oxygen atoms in total. The maximum absolute atomic E-state index is 9.90. The largest absolute Gasteiger partial charge is 0.398 e. The number of hydrogen-bond acceptors (Lipinski definition) is 6. The van der Waals surface area contributed by atoms with Crippen LogP contribution in [0.15, 0.2) is 0 Å². The molecule has 0 N–H and O–H groups in total. The Kier molecular flexibility index (Phi) is 2.45. The minimum atomic E-state index is -4.32. The fourth-order valence-electron chi connectivity index (χ4n) is 0.0752. The van der Waals surface area contributed by atoms with E-state index in [4.69, 9.17) is 10.5 Å². The van der Waals surface area contributed by atoms with E-state index >= 15 is 0 Å². The second-order valence-electron chi connectivity index (χ2n) is 0.788. The molecular weight excluding hydrogens is 148 g/mol. The Labute approximate surface area is 50.9 Å². The predicted octanol–water partition coefficient (Wildman–Crippen LogP) is -0.773. The molecule has 0 aliphatic carbocycles. The van der Waals surface area contributed by atoms with Gasteiger partial charge in [-0.15, -0.1) is 5.26 Å². The van der Waals surface area contributed by atoms with Crippen LogP contribution in [0.4, 0.5) is 0 Å². The summed E-state index contributed by atoms with van der Waals surface area (Å²) in [5, 5.41) is 16.0. The molecule has 0 aromatic heterocycles. The standard InChI is InChI=1S/C2N2O4S/c3-1-7-8-9(5,6)2-4. The van der Waals surface area contributed by atoms with Crippen molar-refractivity contribution in [3.05, 3.63) is 0 Å². The van der Waals surface area contributed by atoms with Gasteiger partial charge in [0.25, 0.3) is 0 Å². The van der Waals surface area contributed by atoms with Crippen molar-refractivity contribution < 1.29 is 17.6 Å². The van der Waals surface area contributed by atoms with Gasteiger partial charge in [0.05, 0.1) is 0 Å². The molecule has 0 bridgehead atoms. The molecule has 0 amide bonds. The Hall–Kier alpha value is -1.31. The summed E-state index contributed by atoms with van der Waals surface area (Å²) in [5.74, 6) is 0. The smallest absolute Gasteiger partial charge is 0.236 e. The molecule has 0 fully saturated rings. The molecule has 0 heterocycles. The molecule has 7 heteroatoms. The van der Waals surface area contributed by atoms with Gasteiger partial charge in [0.2, 0.25) is 5.40 Å². The molecular formula is C2N2O4S. The van der Waals surface area contributed by atoms with Gasteiger partial charge in [0.1, 0.15) is 0 Å². The maximum atomic E-state index is 9.90. The first-order valence-electron chi connectivity index (χ1n) is 1.52. The molecule has 0 unspecified atom stereocenters. The highest BCUT2D eigenvalue weighted by Crippen LogP contribution is 1.88. The van der Waals surface area contributed by atoms with Crippen LogP contribution in [0.1, 0.15) is 0 Å². The van der Waals surface area contributed by atoms with Gasteiger partial charge in [-0.05, 0) is 4.33 Å². The van der Waals surface area contributed by atoms with Crippen molar-refractivity contribution in [3.63, 3.8) is 0 Å². The first-order chi connectivity index (χ1) is 4.12. The Morgan fingerprint density at radius 2 is 1.89 bits per heavy atom. The van der Waals surface area contributed by atoms with E-state index < -0.39 is 10.1 Å². The number of thiocyanates is 1. The van der Waals surface area contributed by atoms with Crippen LogP contribution in [0, 0.1) is 22.2 Å². The summed E-state index contributed by atoms with van der Waals surface area (Å²) in [6.07, 6.45) is 0.906. The molecule has 0 atom stereocenters. The van der Waals surface area contributed by atoms with Gasteiger partial charge in [-0.25, -0.2) is 4.89 Å². The first kappa shape index (κ1) is 7.69. The van der Waals surface area contributed by atoms with Gasteiger partial charge in [-0.2, -0.15) is 13.7 Å². The number of rotatable bonds is 2. The third-order valence-corrected chi connectivity index (χ3v) is 0.743. The molecule has 0 aliphatic heterocycles. The average Bonchev–Trinajstić information content (AvgIpc) is 1.84. The zero-order valence-electron chi connectivity index (χ0n) is 3.94. The fraction of sp³-hybridized carbons (Fsp3) is 0. The monoisotopic (exact) mass is 148 g/mol. The third kappa shape index (κ3) is 3.29. The molecule has 0 radical (unpaired) electrons. The highest BCUT2D eigenvalue weighted by molar-refractivity contribution is 7.91. The van der Waals surface area contributed by atoms with Gasteiger partial charge in [-0.3, -0.25) is 0 Å². The molecule has 48 valence electrons. The Balaban J connectivity index is 3.99. The lowest BCUT2D eigenvalue weighted by molar-refractivity contribution is -0.128. The van der Waals surface area contributed by atoms with Crippen molar-refractivity contribution in [3.8, 4) is 11.7 Å². The lowest BCUT2D eigenvalue weighted by Gasteiger charge is -1.84. The van der Waals surface area contributed by atoms with Crippen molar-refractivity contribution in [2.75, 3.05) is 0 Å². The predicted molar refractivity (Wildman–Crippen MR) is 22.3 cm³/mol. The molecule has 0 spiro atoms. The van der Waals surface area contributed by atoms with Crippen molar-refractivity contribution in [1.29, 1.82) is 10.5 Å². The molecule has 0 rings (SSSR count). The fourth-order valence-corrected chi connectivity index (χ4v) is 0.226. The summed E-state index contributed by atoms with van der Waals surface area (Å²) in [5.41, 5.74) is 0. The van der Waals surface area contributed by atoms with E-state index in [0.29, 0.717) is 0 Å². The van der Waals surface area contributed by atoms with Crippen LogP contribution in [0.5, 0.6) is 0 Å². The summed E-state index contributed by atoms with van der Waals surface area (Å²) in [6.45, 7) is 0. The SMILES string of the molecule is N#COOS(=O)(=O)C#N. The van der Waals surface area contributed by atoms with Gasteiger partial charge in [-0.1, -0.05) is 0 Å². The first-order valence-corrected chi connectivity index (χ1v) is 2.93. The van der Waals surface area contributed by atoms with Crippen LogP contribution < -0.4 is 0 Å². The minimum Gasteiger partial charge on any atom is -0.236 e. The van der Waals surface area contributed by atoms with E-state index in [9.17, 15) is 8.42 Å². The highest BCUT2D eigenvalue weighted by atomic mass is 32.2. The molecule has 0 aromatic rings. The van der Waals surface area contributed by atoms with Crippen molar-refractivity contribution in [1.82, 2.24) is 0 Å². The minimum absolute atomic E-state index is 0.750. The van der Waals surface area contributed by atoms with Crippen LogP contribution in [-0.2, 0) is 19.3 Å². The normalized spacial score (nSPS) is 9.11. The molecule has 0 saturated carbocycles. The third-order valence-electron chi connectivity index (χ3n) is 0.273. The number of hydrogen-bond donors (Lipinski definition) is 0. The summed E-state index contributed by atoms with van der Waals surface area (Å²) in [6, 6.07) is 0. The average molecular weight is 148 g/mol. The Bertz CT molecular complexity index is 253. The van der Waals surface area contributed by atoms with Crippen molar-refractivity contribution in [2.45, 2.75) is 0 Å². The van der Waals surface area contributed by atoms with Gasteiger partial charge < -0.3 is 0 Å². The zero-order chi connectivity index (χ0) is 7.33. The van der Waals surface area contributed by atoms with Crippen molar-refractivity contribution >= 4 is 10.1 Å². The van der Waals surface area contributed by atoms with Crippen LogP contribution in [-0.4, -0.2) is 8.42 Å². The molecule has 0 saturated heterocycles. The zero-order valence-corrected chi connectivity index (χ0v) is 4.75. The lowest BCUT2D eigenvalue weighted by atomic mass is 11.6. The van der Waals surface area contributed by atoms with Gasteiger partial charge >= 0.3 is 16.4 Å². The van der Waals surface area contributed by atoms with E-state index in [1.165, 1.54) is 0 Å². The van der Waals surface area contributed by atoms with E-state index in [0.717, 1.165) is 11.7 Å². The lowest BCUT2D eigenvalue weighted by Crippen LogP contribution is -1.99. The quantitative estimate of drug-likeness (QED) is 0.220. The Morgan fingerprint density at radius 3 is 2.22 bits per heavy atom. The summed E-state index contributed by atoms with van der Waals surface area (Å²) in [7, 11) is -4.32.